The fraction of sp³-hybridized carbons (Fsp3) is 0.357. The van der Waals surface area contributed by atoms with Gasteiger partial charge in [-0.05, 0) is 25.5 Å². The third-order valence-electron chi connectivity index (χ3n) is 2.70. The second-order valence-electron chi connectivity index (χ2n) is 4.44. The van der Waals surface area contributed by atoms with Crippen LogP contribution in [0.2, 0.25) is 0 Å². The molecule has 5 nitrogen and oxygen atoms in total. The number of rotatable bonds is 6. The van der Waals surface area contributed by atoms with E-state index in [1.807, 2.05) is 12.1 Å². The molecule has 2 N–H and O–H groups in total. The number of hydrogen-bond acceptors (Lipinski definition) is 5. The Labute approximate surface area is 113 Å². The fourth-order valence-electron chi connectivity index (χ4n) is 1.60. The van der Waals surface area contributed by atoms with E-state index >= 15 is 0 Å². The lowest BCUT2D eigenvalue weighted by molar-refractivity contribution is 0.819. The molecule has 0 radical (unpaired) electrons. The van der Waals surface area contributed by atoms with E-state index in [1.54, 1.807) is 6.20 Å². The summed E-state index contributed by atoms with van der Waals surface area (Å²) < 4.78 is 0. The minimum absolute atomic E-state index is 0.561. The highest BCUT2D eigenvalue weighted by molar-refractivity contribution is 5.56. The number of nitrogens with zero attached hydrogens (tertiary/aromatic N) is 3. The van der Waals surface area contributed by atoms with E-state index in [1.165, 1.54) is 5.56 Å². The van der Waals surface area contributed by atoms with Crippen LogP contribution in [0.5, 0.6) is 0 Å². The van der Waals surface area contributed by atoms with E-state index in [0.29, 0.717) is 11.8 Å². The lowest BCUT2D eigenvalue weighted by Gasteiger charge is -2.07. The molecule has 2 aromatic rings. The van der Waals surface area contributed by atoms with Gasteiger partial charge in [0.15, 0.2) is 5.82 Å². The first-order chi connectivity index (χ1) is 9.28. The predicted molar refractivity (Wildman–Crippen MR) is 77.7 cm³/mol. The molecule has 5 heteroatoms. The van der Waals surface area contributed by atoms with Crippen molar-refractivity contribution in [2.75, 3.05) is 17.2 Å². The molecule has 100 valence electrons. The quantitative estimate of drug-likeness (QED) is 0.778. The van der Waals surface area contributed by atoms with Crippen LogP contribution in [0.1, 0.15) is 25.3 Å². The summed E-state index contributed by atoms with van der Waals surface area (Å²) in [4.78, 5) is 4.37. The molecule has 0 unspecified atom stereocenters. The second-order valence-corrected chi connectivity index (χ2v) is 4.44. The van der Waals surface area contributed by atoms with Crippen molar-refractivity contribution in [1.82, 2.24) is 15.2 Å². The molecule has 2 rings (SSSR count). The van der Waals surface area contributed by atoms with Crippen LogP contribution in [0, 0.1) is 6.92 Å². The Morgan fingerprint density at radius 1 is 1.16 bits per heavy atom. The molecule has 1 aromatic carbocycles. The maximum absolute atomic E-state index is 4.37. The molecule has 0 spiro atoms. The number of unbranched alkanes of at least 4 members (excludes halogenated alkanes) is 1. The Hall–Kier alpha value is -2.17. The van der Waals surface area contributed by atoms with Crippen molar-refractivity contribution in [3.8, 4) is 0 Å². The molecule has 0 saturated heterocycles. The third kappa shape index (κ3) is 4.21. The van der Waals surface area contributed by atoms with Crippen molar-refractivity contribution in [1.29, 1.82) is 0 Å². The van der Waals surface area contributed by atoms with Crippen LogP contribution in [-0.4, -0.2) is 21.7 Å². The summed E-state index contributed by atoms with van der Waals surface area (Å²) >= 11 is 0. The normalized spacial score (nSPS) is 10.2. The number of benzene rings is 1. The topological polar surface area (TPSA) is 62.7 Å². The Morgan fingerprint density at radius 3 is 2.68 bits per heavy atom. The van der Waals surface area contributed by atoms with Gasteiger partial charge in [-0.3, -0.25) is 0 Å². The molecular formula is C14H19N5. The van der Waals surface area contributed by atoms with E-state index in [4.69, 9.17) is 0 Å². The van der Waals surface area contributed by atoms with Crippen LogP contribution < -0.4 is 10.6 Å². The average molecular weight is 257 g/mol. The van der Waals surface area contributed by atoms with E-state index < -0.39 is 0 Å². The highest BCUT2D eigenvalue weighted by Crippen LogP contribution is 2.14. The van der Waals surface area contributed by atoms with Gasteiger partial charge in [0.1, 0.15) is 0 Å². The summed E-state index contributed by atoms with van der Waals surface area (Å²) in [5.74, 6) is 1.25. The van der Waals surface area contributed by atoms with Crippen LogP contribution in [0.15, 0.2) is 30.5 Å². The van der Waals surface area contributed by atoms with Gasteiger partial charge in [0.25, 0.3) is 0 Å². The minimum Gasteiger partial charge on any atom is -0.353 e. The molecule has 1 aromatic heterocycles. The molecule has 1 heterocycles. The molecule has 19 heavy (non-hydrogen) atoms. The van der Waals surface area contributed by atoms with Crippen molar-refractivity contribution in [3.05, 3.63) is 36.0 Å². The van der Waals surface area contributed by atoms with Gasteiger partial charge in [-0.2, -0.15) is 10.1 Å². The molecule has 0 aliphatic carbocycles. The Bertz CT molecular complexity index is 509. The molecule has 0 atom stereocenters. The maximum atomic E-state index is 4.37. The van der Waals surface area contributed by atoms with Crippen LogP contribution in [0.3, 0.4) is 0 Å². The highest BCUT2D eigenvalue weighted by atomic mass is 15.3. The summed E-state index contributed by atoms with van der Waals surface area (Å²) in [6, 6.07) is 8.14. The second kappa shape index (κ2) is 6.68. The van der Waals surface area contributed by atoms with Gasteiger partial charge >= 0.3 is 0 Å². The minimum atomic E-state index is 0.561. The lowest BCUT2D eigenvalue weighted by atomic mass is 10.2. The lowest BCUT2D eigenvalue weighted by Crippen LogP contribution is -2.07. The van der Waals surface area contributed by atoms with Gasteiger partial charge in [-0.1, -0.05) is 31.0 Å². The van der Waals surface area contributed by atoms with Gasteiger partial charge in [0.2, 0.25) is 5.95 Å². The summed E-state index contributed by atoms with van der Waals surface area (Å²) in [6.45, 7) is 5.08. The summed E-state index contributed by atoms with van der Waals surface area (Å²) in [7, 11) is 0. The molecule has 0 aliphatic heterocycles. The molecule has 0 fully saturated rings. The Morgan fingerprint density at radius 2 is 1.95 bits per heavy atom. The first-order valence-corrected chi connectivity index (χ1v) is 6.55. The zero-order chi connectivity index (χ0) is 13.5. The maximum Gasteiger partial charge on any atom is 0.244 e. The molecular weight excluding hydrogens is 238 g/mol. The van der Waals surface area contributed by atoms with Gasteiger partial charge < -0.3 is 10.6 Å². The van der Waals surface area contributed by atoms with Gasteiger partial charge in [0.05, 0.1) is 6.20 Å². The van der Waals surface area contributed by atoms with Crippen LogP contribution in [0.25, 0.3) is 0 Å². The zero-order valence-corrected chi connectivity index (χ0v) is 11.3. The highest BCUT2D eigenvalue weighted by Gasteiger charge is 2.00. The van der Waals surface area contributed by atoms with Crippen molar-refractivity contribution >= 4 is 17.5 Å². The molecule has 0 bridgehead atoms. The zero-order valence-electron chi connectivity index (χ0n) is 11.3. The van der Waals surface area contributed by atoms with Crippen molar-refractivity contribution in [3.63, 3.8) is 0 Å². The van der Waals surface area contributed by atoms with Crippen LogP contribution in [0.4, 0.5) is 17.5 Å². The van der Waals surface area contributed by atoms with Crippen molar-refractivity contribution in [2.24, 2.45) is 0 Å². The Balaban J connectivity index is 2.00. The predicted octanol–water partition coefficient (Wildman–Crippen LogP) is 3.14. The third-order valence-corrected chi connectivity index (χ3v) is 2.70. The summed E-state index contributed by atoms with van der Waals surface area (Å²) in [5.41, 5.74) is 2.22. The number of hydrogen-bond donors (Lipinski definition) is 2. The van der Waals surface area contributed by atoms with Gasteiger partial charge in [0, 0.05) is 12.2 Å². The fourth-order valence-corrected chi connectivity index (χ4v) is 1.60. The van der Waals surface area contributed by atoms with Gasteiger partial charge in [-0.25, -0.2) is 0 Å². The number of aryl methyl sites for hydroxylation is 1. The van der Waals surface area contributed by atoms with E-state index in [0.717, 1.165) is 25.1 Å². The first-order valence-electron chi connectivity index (χ1n) is 6.55. The molecule has 0 amide bonds. The van der Waals surface area contributed by atoms with Gasteiger partial charge in [-0.15, -0.1) is 5.10 Å². The average Bonchev–Trinajstić information content (AvgIpc) is 2.42. The number of anilines is 3. The SMILES string of the molecule is CCCCNc1nncc(Nc2ccc(C)cc2)n1. The molecule has 0 aliphatic rings. The van der Waals surface area contributed by atoms with Crippen molar-refractivity contribution in [2.45, 2.75) is 26.7 Å². The van der Waals surface area contributed by atoms with Crippen LogP contribution in [-0.2, 0) is 0 Å². The van der Waals surface area contributed by atoms with Crippen molar-refractivity contribution < 1.29 is 0 Å². The molecule has 0 saturated carbocycles. The summed E-state index contributed by atoms with van der Waals surface area (Å²) in [6.07, 6.45) is 3.85. The van der Waals surface area contributed by atoms with E-state index in [2.05, 4.69) is 51.8 Å². The number of aromatic nitrogens is 3. The standard InChI is InChI=1S/C14H19N5/c1-3-4-9-15-14-18-13(10-16-19-14)17-12-7-5-11(2)6-8-12/h5-8,10H,3-4,9H2,1-2H3,(H2,15,17,18,19). The van der Waals surface area contributed by atoms with E-state index in [-0.39, 0.29) is 0 Å². The first kappa shape index (κ1) is 13.3. The van der Waals surface area contributed by atoms with Crippen LogP contribution >= 0.6 is 0 Å². The summed E-state index contributed by atoms with van der Waals surface area (Å²) in [5, 5.41) is 14.3. The number of nitrogens with one attached hydrogen (secondary N) is 2. The smallest absolute Gasteiger partial charge is 0.244 e. The van der Waals surface area contributed by atoms with E-state index in [9.17, 15) is 0 Å². The Kier molecular flexibility index (Phi) is 4.66. The largest absolute Gasteiger partial charge is 0.353 e. The monoisotopic (exact) mass is 257 g/mol.